The number of hydrogen-bond donors (Lipinski definition) is 0. The zero-order chi connectivity index (χ0) is 9.52. The Kier molecular flexibility index (Phi) is 4.31. The zero-order valence-corrected chi connectivity index (χ0v) is 8.59. The highest BCUT2D eigenvalue weighted by Gasteiger charge is 1.88. The van der Waals surface area contributed by atoms with Crippen molar-refractivity contribution in [1.82, 2.24) is 0 Å². The van der Waals surface area contributed by atoms with E-state index in [0.29, 0.717) is 0 Å². The van der Waals surface area contributed by atoms with Gasteiger partial charge in [-0.25, -0.2) is 0 Å². The standard InChI is InChI=1S/C13H18/c1-3-5-6-7-13-10-8-12(4-2)9-11-13/h6-11H,3-5H2,1-2H3/b7-6+. The van der Waals surface area contributed by atoms with E-state index < -0.39 is 0 Å². The largest absolute Gasteiger partial charge is 0.0840 e. The Labute approximate surface area is 81.3 Å². The maximum absolute atomic E-state index is 2.24. The summed E-state index contributed by atoms with van der Waals surface area (Å²) in [6, 6.07) is 8.77. The van der Waals surface area contributed by atoms with Gasteiger partial charge in [0, 0.05) is 0 Å². The van der Waals surface area contributed by atoms with Gasteiger partial charge in [0.05, 0.1) is 0 Å². The van der Waals surface area contributed by atoms with Crippen molar-refractivity contribution in [2.45, 2.75) is 33.1 Å². The van der Waals surface area contributed by atoms with Gasteiger partial charge in [0.2, 0.25) is 0 Å². The highest BCUT2D eigenvalue weighted by atomic mass is 13.9. The van der Waals surface area contributed by atoms with Crippen molar-refractivity contribution >= 4 is 6.08 Å². The minimum Gasteiger partial charge on any atom is -0.0840 e. The fourth-order valence-corrected chi connectivity index (χ4v) is 1.25. The SMILES string of the molecule is CCC/C=C/c1ccc(CC)cc1. The van der Waals surface area contributed by atoms with Crippen molar-refractivity contribution in [2.24, 2.45) is 0 Å². The lowest BCUT2D eigenvalue weighted by molar-refractivity contribution is 0.962. The molecule has 13 heavy (non-hydrogen) atoms. The van der Waals surface area contributed by atoms with Crippen LogP contribution in [0.25, 0.3) is 6.08 Å². The molecule has 0 N–H and O–H groups in total. The second kappa shape index (κ2) is 5.58. The molecule has 0 bridgehead atoms. The van der Waals surface area contributed by atoms with Crippen molar-refractivity contribution < 1.29 is 0 Å². The summed E-state index contributed by atoms with van der Waals surface area (Å²) < 4.78 is 0. The number of hydrogen-bond acceptors (Lipinski definition) is 0. The molecule has 0 spiro atoms. The number of unbranched alkanes of at least 4 members (excludes halogenated alkanes) is 1. The molecule has 0 fully saturated rings. The smallest absolute Gasteiger partial charge is 0.0260 e. The van der Waals surface area contributed by atoms with Crippen LogP contribution >= 0.6 is 0 Å². The molecule has 0 aliphatic rings. The third-order valence-electron chi connectivity index (χ3n) is 2.15. The molecule has 0 saturated heterocycles. The molecule has 0 heteroatoms. The van der Waals surface area contributed by atoms with E-state index in [9.17, 15) is 0 Å². The monoisotopic (exact) mass is 174 g/mol. The van der Waals surface area contributed by atoms with Crippen LogP contribution in [0.5, 0.6) is 0 Å². The van der Waals surface area contributed by atoms with Crippen LogP contribution in [-0.4, -0.2) is 0 Å². The average Bonchev–Trinajstić information content (AvgIpc) is 2.19. The van der Waals surface area contributed by atoms with Crippen LogP contribution < -0.4 is 0 Å². The molecule has 1 aromatic carbocycles. The topological polar surface area (TPSA) is 0 Å². The van der Waals surface area contributed by atoms with Crippen LogP contribution in [0.2, 0.25) is 0 Å². The van der Waals surface area contributed by atoms with Crippen molar-refractivity contribution in [1.29, 1.82) is 0 Å². The normalized spacial score (nSPS) is 10.9. The van der Waals surface area contributed by atoms with Gasteiger partial charge in [0.1, 0.15) is 0 Å². The molecule has 0 aliphatic carbocycles. The molecule has 0 aromatic heterocycles. The molecule has 0 unspecified atom stereocenters. The summed E-state index contributed by atoms with van der Waals surface area (Å²) in [6.07, 6.45) is 7.96. The summed E-state index contributed by atoms with van der Waals surface area (Å²) in [7, 11) is 0. The summed E-state index contributed by atoms with van der Waals surface area (Å²) in [5, 5.41) is 0. The lowest BCUT2D eigenvalue weighted by Crippen LogP contribution is -1.78. The maximum Gasteiger partial charge on any atom is -0.0260 e. The molecular formula is C13H18. The second-order valence-corrected chi connectivity index (χ2v) is 3.29. The summed E-state index contributed by atoms with van der Waals surface area (Å²) in [4.78, 5) is 0. The molecule has 0 heterocycles. The molecule has 1 rings (SSSR count). The molecular weight excluding hydrogens is 156 g/mol. The van der Waals surface area contributed by atoms with E-state index >= 15 is 0 Å². The Balaban J connectivity index is 2.58. The number of benzene rings is 1. The van der Waals surface area contributed by atoms with Gasteiger partial charge >= 0.3 is 0 Å². The van der Waals surface area contributed by atoms with Crippen LogP contribution in [-0.2, 0) is 6.42 Å². The van der Waals surface area contributed by atoms with Crippen molar-refractivity contribution in [3.8, 4) is 0 Å². The molecule has 0 nitrogen and oxygen atoms in total. The average molecular weight is 174 g/mol. The number of rotatable bonds is 4. The van der Waals surface area contributed by atoms with Crippen molar-refractivity contribution in [2.75, 3.05) is 0 Å². The van der Waals surface area contributed by atoms with E-state index in [1.165, 1.54) is 24.0 Å². The van der Waals surface area contributed by atoms with Gasteiger partial charge in [0.25, 0.3) is 0 Å². The molecule has 1 aromatic rings. The van der Waals surface area contributed by atoms with Gasteiger partial charge in [-0.05, 0) is 24.0 Å². The lowest BCUT2D eigenvalue weighted by Gasteiger charge is -1.96. The summed E-state index contributed by atoms with van der Waals surface area (Å²) in [6.45, 7) is 4.38. The maximum atomic E-state index is 2.24. The van der Waals surface area contributed by atoms with Crippen molar-refractivity contribution in [3.05, 3.63) is 41.5 Å². The fourth-order valence-electron chi connectivity index (χ4n) is 1.25. The van der Waals surface area contributed by atoms with Crippen LogP contribution in [0.4, 0.5) is 0 Å². The first kappa shape index (κ1) is 10.0. The van der Waals surface area contributed by atoms with E-state index in [1.807, 2.05) is 0 Å². The molecule has 0 aliphatic heterocycles. The number of aryl methyl sites for hydroxylation is 1. The lowest BCUT2D eigenvalue weighted by atomic mass is 10.1. The molecule has 0 amide bonds. The molecule has 0 saturated carbocycles. The van der Waals surface area contributed by atoms with Gasteiger partial charge in [-0.15, -0.1) is 0 Å². The Hall–Kier alpha value is -1.04. The van der Waals surface area contributed by atoms with E-state index in [2.05, 4.69) is 50.3 Å². The van der Waals surface area contributed by atoms with Crippen LogP contribution in [0.15, 0.2) is 30.3 Å². The number of allylic oxidation sites excluding steroid dienone is 1. The quantitative estimate of drug-likeness (QED) is 0.645. The van der Waals surface area contributed by atoms with E-state index in [4.69, 9.17) is 0 Å². The van der Waals surface area contributed by atoms with Gasteiger partial charge < -0.3 is 0 Å². The first-order valence-electron chi connectivity index (χ1n) is 5.12. The Morgan fingerprint density at radius 1 is 1.08 bits per heavy atom. The first-order chi connectivity index (χ1) is 6.36. The summed E-state index contributed by atoms with van der Waals surface area (Å²) in [5.41, 5.74) is 2.72. The molecule has 0 radical (unpaired) electrons. The predicted molar refractivity (Wildman–Crippen MR) is 59.8 cm³/mol. The minimum atomic E-state index is 1.12. The van der Waals surface area contributed by atoms with Gasteiger partial charge in [0.15, 0.2) is 0 Å². The first-order valence-corrected chi connectivity index (χ1v) is 5.12. The van der Waals surface area contributed by atoms with Crippen LogP contribution in [0.3, 0.4) is 0 Å². The third kappa shape index (κ3) is 3.45. The Bertz CT molecular complexity index is 254. The molecule has 70 valence electrons. The second-order valence-electron chi connectivity index (χ2n) is 3.29. The van der Waals surface area contributed by atoms with Gasteiger partial charge in [-0.3, -0.25) is 0 Å². The third-order valence-corrected chi connectivity index (χ3v) is 2.15. The van der Waals surface area contributed by atoms with Crippen LogP contribution in [0.1, 0.15) is 37.8 Å². The van der Waals surface area contributed by atoms with Gasteiger partial charge in [-0.2, -0.15) is 0 Å². The highest BCUT2D eigenvalue weighted by Crippen LogP contribution is 2.07. The minimum absolute atomic E-state index is 1.12. The Morgan fingerprint density at radius 2 is 1.77 bits per heavy atom. The fraction of sp³-hybridized carbons (Fsp3) is 0.385. The predicted octanol–water partition coefficient (Wildman–Crippen LogP) is 4.06. The van der Waals surface area contributed by atoms with E-state index in [1.54, 1.807) is 0 Å². The molecule has 0 atom stereocenters. The summed E-state index contributed by atoms with van der Waals surface area (Å²) >= 11 is 0. The van der Waals surface area contributed by atoms with E-state index in [0.717, 1.165) is 6.42 Å². The summed E-state index contributed by atoms with van der Waals surface area (Å²) in [5.74, 6) is 0. The van der Waals surface area contributed by atoms with Crippen molar-refractivity contribution in [3.63, 3.8) is 0 Å². The zero-order valence-electron chi connectivity index (χ0n) is 8.59. The van der Waals surface area contributed by atoms with Crippen LogP contribution in [0, 0.1) is 0 Å². The van der Waals surface area contributed by atoms with E-state index in [-0.39, 0.29) is 0 Å². The van der Waals surface area contributed by atoms with Gasteiger partial charge in [-0.1, -0.05) is 56.7 Å². The Morgan fingerprint density at radius 3 is 2.31 bits per heavy atom. The highest BCUT2D eigenvalue weighted by molar-refractivity contribution is 5.49.